The van der Waals surface area contributed by atoms with Crippen LogP contribution in [0.2, 0.25) is 0 Å². The number of benzene rings is 1. The lowest BCUT2D eigenvalue weighted by Gasteiger charge is -2.32. The predicted octanol–water partition coefficient (Wildman–Crippen LogP) is 2.02. The largest absolute Gasteiger partial charge is 0.372 e. The molecule has 1 fully saturated rings. The van der Waals surface area contributed by atoms with Crippen LogP contribution in [0.3, 0.4) is 0 Å². The van der Waals surface area contributed by atoms with Gasteiger partial charge in [0.1, 0.15) is 18.5 Å². The summed E-state index contributed by atoms with van der Waals surface area (Å²) in [6.07, 6.45) is 5.19. The third-order valence-corrected chi connectivity index (χ3v) is 4.18. The van der Waals surface area contributed by atoms with E-state index >= 15 is 0 Å². The van der Waals surface area contributed by atoms with Gasteiger partial charge in [-0.05, 0) is 18.9 Å². The molecule has 1 aliphatic rings. The molecular formula is C17H21FN4O2. The molecule has 1 aliphatic heterocycles. The molecule has 0 radical (unpaired) electrons. The first-order valence-electron chi connectivity index (χ1n) is 8.17. The van der Waals surface area contributed by atoms with Crippen LogP contribution in [0.25, 0.3) is 0 Å². The molecule has 6 nitrogen and oxygen atoms in total. The number of likely N-dealkylation sites (tertiary alicyclic amines) is 1. The minimum absolute atomic E-state index is 0.0475. The molecule has 0 bridgehead atoms. The van der Waals surface area contributed by atoms with Crippen LogP contribution in [0, 0.1) is 5.82 Å². The number of hydrogen-bond donors (Lipinski definition) is 0. The fourth-order valence-electron chi connectivity index (χ4n) is 2.84. The zero-order valence-corrected chi connectivity index (χ0v) is 13.5. The summed E-state index contributed by atoms with van der Waals surface area (Å²) in [5.41, 5.74) is 0.548. The Morgan fingerprint density at radius 2 is 2.25 bits per heavy atom. The highest BCUT2D eigenvalue weighted by molar-refractivity contribution is 5.76. The van der Waals surface area contributed by atoms with Crippen molar-refractivity contribution in [3.63, 3.8) is 0 Å². The van der Waals surface area contributed by atoms with Gasteiger partial charge in [-0.1, -0.05) is 18.2 Å². The van der Waals surface area contributed by atoms with Crippen molar-refractivity contribution in [1.82, 2.24) is 19.7 Å². The summed E-state index contributed by atoms with van der Waals surface area (Å²) in [7, 11) is 0. The van der Waals surface area contributed by atoms with Crippen LogP contribution < -0.4 is 0 Å². The van der Waals surface area contributed by atoms with E-state index < -0.39 is 0 Å². The Bertz CT molecular complexity index is 662. The molecule has 1 saturated heterocycles. The molecule has 1 aromatic carbocycles. The third-order valence-electron chi connectivity index (χ3n) is 4.18. The molecule has 0 N–H and O–H groups in total. The number of aryl methyl sites for hydroxylation is 1. The zero-order chi connectivity index (χ0) is 16.8. The zero-order valence-electron chi connectivity index (χ0n) is 13.5. The molecule has 128 valence electrons. The number of carbonyl (C=O) groups is 1. The van der Waals surface area contributed by atoms with Gasteiger partial charge in [0, 0.05) is 25.1 Å². The topological polar surface area (TPSA) is 60.2 Å². The summed E-state index contributed by atoms with van der Waals surface area (Å²) in [5, 5.41) is 3.99. The second-order valence-corrected chi connectivity index (χ2v) is 5.91. The van der Waals surface area contributed by atoms with Gasteiger partial charge in [0.25, 0.3) is 0 Å². The van der Waals surface area contributed by atoms with E-state index in [9.17, 15) is 9.18 Å². The smallest absolute Gasteiger partial charge is 0.224 e. The lowest BCUT2D eigenvalue weighted by molar-refractivity contribution is -0.135. The minimum Gasteiger partial charge on any atom is -0.372 e. The van der Waals surface area contributed by atoms with Crippen LogP contribution >= 0.6 is 0 Å². The lowest BCUT2D eigenvalue weighted by atomic mass is 10.1. The summed E-state index contributed by atoms with van der Waals surface area (Å²) in [6.45, 7) is 2.06. The van der Waals surface area contributed by atoms with Gasteiger partial charge >= 0.3 is 0 Å². The molecule has 0 saturated carbocycles. The molecule has 3 rings (SSSR count). The Balaban J connectivity index is 1.47. The maximum absolute atomic E-state index is 13.6. The fraction of sp³-hybridized carbons (Fsp3) is 0.471. The van der Waals surface area contributed by atoms with Crippen LogP contribution in [-0.4, -0.2) is 44.8 Å². The highest BCUT2D eigenvalue weighted by atomic mass is 19.1. The molecule has 0 aliphatic carbocycles. The third kappa shape index (κ3) is 4.38. The molecule has 1 atom stereocenters. The summed E-state index contributed by atoms with van der Waals surface area (Å²) < 4.78 is 21.1. The second-order valence-electron chi connectivity index (χ2n) is 5.91. The summed E-state index contributed by atoms with van der Waals surface area (Å²) in [4.78, 5) is 18.0. The maximum atomic E-state index is 13.6. The molecule has 0 spiro atoms. The van der Waals surface area contributed by atoms with Gasteiger partial charge in [-0.3, -0.25) is 9.48 Å². The van der Waals surface area contributed by atoms with Gasteiger partial charge in [0.05, 0.1) is 19.3 Å². The maximum Gasteiger partial charge on any atom is 0.224 e. The Kier molecular flexibility index (Phi) is 5.53. The molecule has 7 heteroatoms. The van der Waals surface area contributed by atoms with Gasteiger partial charge < -0.3 is 9.64 Å². The lowest BCUT2D eigenvalue weighted by Crippen LogP contribution is -2.43. The first-order valence-corrected chi connectivity index (χ1v) is 8.17. The molecule has 2 aromatic rings. The van der Waals surface area contributed by atoms with Crippen molar-refractivity contribution in [2.75, 3.05) is 13.1 Å². The highest BCUT2D eigenvalue weighted by Gasteiger charge is 2.24. The minimum atomic E-state index is -0.255. The van der Waals surface area contributed by atoms with E-state index in [1.807, 2.05) is 4.90 Å². The summed E-state index contributed by atoms with van der Waals surface area (Å²) in [5.74, 6) is -0.168. The average molecular weight is 332 g/mol. The Morgan fingerprint density at radius 3 is 3.04 bits per heavy atom. The van der Waals surface area contributed by atoms with Crippen molar-refractivity contribution >= 4 is 5.91 Å². The van der Waals surface area contributed by atoms with Crippen molar-refractivity contribution in [3.8, 4) is 0 Å². The Morgan fingerprint density at radius 1 is 1.38 bits per heavy atom. The molecule has 24 heavy (non-hydrogen) atoms. The number of amides is 1. The van der Waals surface area contributed by atoms with Crippen LogP contribution in [-0.2, 0) is 22.7 Å². The van der Waals surface area contributed by atoms with Crippen molar-refractivity contribution in [1.29, 1.82) is 0 Å². The number of nitrogens with zero attached hydrogens (tertiary/aromatic N) is 4. The Hall–Kier alpha value is -2.28. The number of carbonyl (C=O) groups excluding carboxylic acids is 1. The fourth-order valence-corrected chi connectivity index (χ4v) is 2.84. The predicted molar refractivity (Wildman–Crippen MR) is 85.4 cm³/mol. The first kappa shape index (κ1) is 16.6. The van der Waals surface area contributed by atoms with Gasteiger partial charge in [0.15, 0.2) is 0 Å². The number of rotatable bonds is 6. The van der Waals surface area contributed by atoms with Crippen LogP contribution in [0.1, 0.15) is 24.8 Å². The SMILES string of the molecule is O=C(CCn1cncn1)N1CCC[C@H](OCc2ccccc2F)C1. The van der Waals surface area contributed by atoms with Crippen LogP contribution in [0.5, 0.6) is 0 Å². The Labute approximate surface area is 140 Å². The normalized spacial score (nSPS) is 17.9. The van der Waals surface area contributed by atoms with E-state index in [4.69, 9.17) is 4.74 Å². The molecule has 1 aromatic heterocycles. The molecule has 2 heterocycles. The van der Waals surface area contributed by atoms with E-state index in [-0.39, 0.29) is 24.4 Å². The highest BCUT2D eigenvalue weighted by Crippen LogP contribution is 2.17. The average Bonchev–Trinajstić information content (AvgIpc) is 3.13. The van der Waals surface area contributed by atoms with Crippen LogP contribution in [0.15, 0.2) is 36.9 Å². The van der Waals surface area contributed by atoms with Crippen molar-refractivity contribution < 1.29 is 13.9 Å². The van der Waals surface area contributed by atoms with E-state index in [0.717, 1.165) is 19.4 Å². The molecule has 0 unspecified atom stereocenters. The number of aromatic nitrogens is 3. The molecule has 1 amide bonds. The number of piperidine rings is 1. The van der Waals surface area contributed by atoms with E-state index in [0.29, 0.717) is 25.1 Å². The van der Waals surface area contributed by atoms with E-state index in [1.165, 1.54) is 12.4 Å². The second kappa shape index (κ2) is 8.01. The summed E-state index contributed by atoms with van der Waals surface area (Å²) in [6, 6.07) is 6.61. The number of hydrogen-bond acceptors (Lipinski definition) is 4. The van der Waals surface area contributed by atoms with Crippen molar-refractivity contribution in [3.05, 3.63) is 48.3 Å². The first-order chi connectivity index (χ1) is 11.7. The van der Waals surface area contributed by atoms with Crippen molar-refractivity contribution in [2.45, 2.75) is 38.5 Å². The van der Waals surface area contributed by atoms with Gasteiger partial charge in [-0.25, -0.2) is 9.37 Å². The van der Waals surface area contributed by atoms with Gasteiger partial charge in [0.2, 0.25) is 5.91 Å². The van der Waals surface area contributed by atoms with E-state index in [1.54, 1.807) is 29.2 Å². The quantitative estimate of drug-likeness (QED) is 0.812. The summed E-state index contributed by atoms with van der Waals surface area (Å²) >= 11 is 0. The standard InChI is InChI=1S/C17H21FN4O2/c18-16-6-2-1-4-14(16)11-24-15-5-3-8-21(10-15)17(23)7-9-22-13-19-12-20-22/h1-2,4,6,12-13,15H,3,5,7-11H2/t15-/m0/s1. The number of ether oxygens (including phenoxy) is 1. The van der Waals surface area contributed by atoms with E-state index in [2.05, 4.69) is 10.1 Å². The monoisotopic (exact) mass is 332 g/mol. The number of halogens is 1. The van der Waals surface area contributed by atoms with Crippen molar-refractivity contribution in [2.24, 2.45) is 0 Å². The van der Waals surface area contributed by atoms with Crippen LogP contribution in [0.4, 0.5) is 4.39 Å². The van der Waals surface area contributed by atoms with Gasteiger partial charge in [-0.2, -0.15) is 5.10 Å². The van der Waals surface area contributed by atoms with Gasteiger partial charge in [-0.15, -0.1) is 0 Å². The molecular weight excluding hydrogens is 311 g/mol.